The number of rotatable bonds is 5. The van der Waals surface area contributed by atoms with Gasteiger partial charge in [0, 0.05) is 36.9 Å². The normalized spacial score (nSPS) is 17.6. The molecule has 0 atom stereocenters. The standard InChI is InChI=1S/C16H23N3/c1-3-9-16(11-17-12-16)10-14-13-7-5-6-8-15(13)19(4-2)18-14/h5-8,17H,3-4,9-12H2,1-2H3. The van der Waals surface area contributed by atoms with Crippen LogP contribution in [-0.2, 0) is 13.0 Å². The molecule has 102 valence electrons. The highest BCUT2D eigenvalue weighted by Gasteiger charge is 2.37. The van der Waals surface area contributed by atoms with Crippen molar-refractivity contribution in [1.82, 2.24) is 15.1 Å². The number of benzene rings is 1. The van der Waals surface area contributed by atoms with Gasteiger partial charge >= 0.3 is 0 Å². The fourth-order valence-corrected chi connectivity index (χ4v) is 3.32. The summed E-state index contributed by atoms with van der Waals surface area (Å²) in [6.07, 6.45) is 3.67. The molecule has 0 aliphatic carbocycles. The van der Waals surface area contributed by atoms with E-state index in [-0.39, 0.29) is 0 Å². The van der Waals surface area contributed by atoms with Crippen molar-refractivity contribution in [3.8, 4) is 0 Å². The minimum atomic E-state index is 0.449. The Hall–Kier alpha value is -1.35. The van der Waals surface area contributed by atoms with Gasteiger partial charge in [-0.15, -0.1) is 0 Å². The highest BCUT2D eigenvalue weighted by molar-refractivity contribution is 5.82. The third kappa shape index (κ3) is 2.16. The average Bonchev–Trinajstić information content (AvgIpc) is 2.75. The zero-order valence-corrected chi connectivity index (χ0v) is 11.9. The van der Waals surface area contributed by atoms with Gasteiger partial charge in [0.25, 0.3) is 0 Å². The van der Waals surface area contributed by atoms with Gasteiger partial charge in [-0.05, 0) is 19.4 Å². The molecule has 1 aliphatic rings. The topological polar surface area (TPSA) is 29.9 Å². The van der Waals surface area contributed by atoms with Gasteiger partial charge in [0.15, 0.2) is 0 Å². The summed E-state index contributed by atoms with van der Waals surface area (Å²) in [7, 11) is 0. The summed E-state index contributed by atoms with van der Waals surface area (Å²) in [5.41, 5.74) is 3.01. The lowest BCUT2D eigenvalue weighted by atomic mass is 9.74. The molecule has 1 N–H and O–H groups in total. The maximum absolute atomic E-state index is 4.85. The highest BCUT2D eigenvalue weighted by atomic mass is 15.3. The van der Waals surface area contributed by atoms with E-state index in [2.05, 4.69) is 48.1 Å². The first-order chi connectivity index (χ1) is 9.28. The van der Waals surface area contributed by atoms with Crippen LogP contribution < -0.4 is 5.32 Å². The van der Waals surface area contributed by atoms with Crippen molar-refractivity contribution in [2.45, 2.75) is 39.7 Å². The zero-order chi connectivity index (χ0) is 13.3. The van der Waals surface area contributed by atoms with Gasteiger partial charge in [-0.25, -0.2) is 0 Å². The first kappa shape index (κ1) is 12.7. The van der Waals surface area contributed by atoms with Crippen LogP contribution >= 0.6 is 0 Å². The van der Waals surface area contributed by atoms with Crippen LogP contribution in [-0.4, -0.2) is 22.9 Å². The quantitative estimate of drug-likeness (QED) is 0.892. The van der Waals surface area contributed by atoms with Crippen molar-refractivity contribution < 1.29 is 0 Å². The predicted molar refractivity (Wildman–Crippen MR) is 79.3 cm³/mol. The lowest BCUT2D eigenvalue weighted by molar-refractivity contribution is 0.149. The molecule has 2 aromatic rings. The third-order valence-corrected chi connectivity index (χ3v) is 4.36. The Morgan fingerprint density at radius 3 is 2.68 bits per heavy atom. The first-order valence-corrected chi connectivity index (χ1v) is 7.43. The van der Waals surface area contributed by atoms with E-state index in [1.54, 1.807) is 0 Å². The molecule has 19 heavy (non-hydrogen) atoms. The number of nitrogens with zero attached hydrogens (tertiary/aromatic N) is 2. The van der Waals surface area contributed by atoms with Crippen molar-refractivity contribution in [2.24, 2.45) is 5.41 Å². The SMILES string of the molecule is CCCC1(Cc2nn(CC)c3ccccc23)CNC1. The first-order valence-electron chi connectivity index (χ1n) is 7.43. The summed E-state index contributed by atoms with van der Waals surface area (Å²) in [4.78, 5) is 0. The van der Waals surface area contributed by atoms with Crippen LogP contribution in [0, 0.1) is 5.41 Å². The van der Waals surface area contributed by atoms with Crippen molar-refractivity contribution in [3.63, 3.8) is 0 Å². The Balaban J connectivity index is 1.96. The summed E-state index contributed by atoms with van der Waals surface area (Å²) < 4.78 is 2.14. The molecule has 0 amide bonds. The molecule has 0 saturated carbocycles. The Labute approximate surface area is 115 Å². The zero-order valence-electron chi connectivity index (χ0n) is 11.9. The molecule has 2 heterocycles. The van der Waals surface area contributed by atoms with Crippen LogP contribution in [0.4, 0.5) is 0 Å². The average molecular weight is 257 g/mol. The largest absolute Gasteiger partial charge is 0.316 e. The van der Waals surface area contributed by atoms with Crippen molar-refractivity contribution in [2.75, 3.05) is 13.1 Å². The summed E-state index contributed by atoms with van der Waals surface area (Å²) >= 11 is 0. The molecule has 0 radical (unpaired) electrons. The van der Waals surface area contributed by atoms with Gasteiger partial charge in [0.2, 0.25) is 0 Å². The number of nitrogens with one attached hydrogen (secondary N) is 1. The van der Waals surface area contributed by atoms with E-state index in [1.165, 1.54) is 29.4 Å². The van der Waals surface area contributed by atoms with E-state index in [0.29, 0.717) is 5.41 Å². The van der Waals surface area contributed by atoms with Crippen LogP contribution in [0.2, 0.25) is 0 Å². The summed E-state index contributed by atoms with van der Waals surface area (Å²) in [5, 5.41) is 9.63. The van der Waals surface area contributed by atoms with E-state index < -0.39 is 0 Å². The molecular weight excluding hydrogens is 234 g/mol. The predicted octanol–water partition coefficient (Wildman–Crippen LogP) is 2.99. The fourth-order valence-electron chi connectivity index (χ4n) is 3.32. The minimum absolute atomic E-state index is 0.449. The van der Waals surface area contributed by atoms with Gasteiger partial charge in [0.05, 0.1) is 11.2 Å². The monoisotopic (exact) mass is 257 g/mol. The van der Waals surface area contributed by atoms with E-state index in [0.717, 1.165) is 26.1 Å². The number of hydrogen-bond acceptors (Lipinski definition) is 2. The van der Waals surface area contributed by atoms with Crippen LogP contribution in [0.5, 0.6) is 0 Å². The number of aromatic nitrogens is 2. The molecule has 1 aliphatic heterocycles. The molecule has 3 heteroatoms. The molecular formula is C16H23N3. The van der Waals surface area contributed by atoms with Crippen LogP contribution in [0.1, 0.15) is 32.4 Å². The van der Waals surface area contributed by atoms with Gasteiger partial charge in [-0.2, -0.15) is 5.10 Å². The van der Waals surface area contributed by atoms with E-state index in [4.69, 9.17) is 5.10 Å². The van der Waals surface area contributed by atoms with Crippen molar-refractivity contribution >= 4 is 10.9 Å². The van der Waals surface area contributed by atoms with E-state index in [1.807, 2.05) is 0 Å². The molecule has 0 unspecified atom stereocenters. The Morgan fingerprint density at radius 2 is 2.05 bits per heavy atom. The second kappa shape index (κ2) is 4.97. The molecule has 1 saturated heterocycles. The second-order valence-electron chi connectivity index (χ2n) is 5.81. The number of para-hydroxylation sites is 1. The highest BCUT2D eigenvalue weighted by Crippen LogP contribution is 2.34. The molecule has 0 spiro atoms. The molecule has 1 aromatic heterocycles. The Bertz CT molecular complexity index is 566. The number of hydrogen-bond donors (Lipinski definition) is 1. The fraction of sp³-hybridized carbons (Fsp3) is 0.562. The van der Waals surface area contributed by atoms with E-state index in [9.17, 15) is 0 Å². The summed E-state index contributed by atoms with van der Waals surface area (Å²) in [5.74, 6) is 0. The third-order valence-electron chi connectivity index (χ3n) is 4.36. The molecule has 1 aromatic carbocycles. The summed E-state index contributed by atoms with van der Waals surface area (Å²) in [6.45, 7) is 7.68. The van der Waals surface area contributed by atoms with Crippen molar-refractivity contribution in [3.05, 3.63) is 30.0 Å². The Kier molecular flexibility index (Phi) is 3.31. The van der Waals surface area contributed by atoms with Crippen LogP contribution in [0.3, 0.4) is 0 Å². The lowest BCUT2D eigenvalue weighted by Crippen LogP contribution is -2.54. The van der Waals surface area contributed by atoms with Gasteiger partial charge < -0.3 is 5.32 Å². The molecule has 1 fully saturated rings. The maximum Gasteiger partial charge on any atom is 0.0709 e. The molecule has 0 bridgehead atoms. The number of fused-ring (bicyclic) bond motifs is 1. The van der Waals surface area contributed by atoms with E-state index >= 15 is 0 Å². The van der Waals surface area contributed by atoms with Gasteiger partial charge in [-0.3, -0.25) is 4.68 Å². The minimum Gasteiger partial charge on any atom is -0.316 e. The lowest BCUT2D eigenvalue weighted by Gasteiger charge is -2.42. The maximum atomic E-state index is 4.85. The van der Waals surface area contributed by atoms with Crippen LogP contribution in [0.25, 0.3) is 10.9 Å². The summed E-state index contributed by atoms with van der Waals surface area (Å²) in [6, 6.07) is 8.63. The van der Waals surface area contributed by atoms with Crippen LogP contribution in [0.15, 0.2) is 24.3 Å². The molecule has 3 rings (SSSR count). The molecule has 3 nitrogen and oxygen atoms in total. The Morgan fingerprint density at radius 1 is 1.26 bits per heavy atom. The van der Waals surface area contributed by atoms with Crippen molar-refractivity contribution in [1.29, 1.82) is 0 Å². The number of aryl methyl sites for hydroxylation is 1. The smallest absolute Gasteiger partial charge is 0.0709 e. The second-order valence-corrected chi connectivity index (χ2v) is 5.81. The van der Waals surface area contributed by atoms with Gasteiger partial charge in [-0.1, -0.05) is 31.5 Å². The van der Waals surface area contributed by atoms with Gasteiger partial charge in [0.1, 0.15) is 0 Å².